The van der Waals surface area contributed by atoms with Crippen molar-refractivity contribution < 1.29 is 0 Å². The zero-order chi connectivity index (χ0) is 13.8. The van der Waals surface area contributed by atoms with Crippen LogP contribution in [0.1, 0.15) is 30.5 Å². The summed E-state index contributed by atoms with van der Waals surface area (Å²) < 4.78 is 0. The van der Waals surface area contributed by atoms with Gasteiger partial charge in [-0.1, -0.05) is 18.2 Å². The summed E-state index contributed by atoms with van der Waals surface area (Å²) in [7, 11) is 0. The molecule has 2 aromatic rings. The van der Waals surface area contributed by atoms with Gasteiger partial charge in [0.15, 0.2) is 0 Å². The van der Waals surface area contributed by atoms with Gasteiger partial charge < -0.3 is 10.2 Å². The third-order valence-corrected chi connectivity index (χ3v) is 4.47. The van der Waals surface area contributed by atoms with Gasteiger partial charge in [0, 0.05) is 30.2 Å². The summed E-state index contributed by atoms with van der Waals surface area (Å²) in [6, 6.07) is 11.3. The van der Waals surface area contributed by atoms with Crippen molar-refractivity contribution in [2.24, 2.45) is 0 Å². The summed E-state index contributed by atoms with van der Waals surface area (Å²) in [5.41, 5.74) is 2.44. The van der Waals surface area contributed by atoms with Crippen LogP contribution in [0.3, 0.4) is 0 Å². The SMILES string of the molecule is CCN(Cc1csc(CNC2CC2)n1)c1ccccc1. The lowest BCUT2D eigenvalue weighted by molar-refractivity contribution is 0.681. The van der Waals surface area contributed by atoms with E-state index < -0.39 is 0 Å². The van der Waals surface area contributed by atoms with Gasteiger partial charge in [-0.3, -0.25) is 0 Å². The van der Waals surface area contributed by atoms with E-state index in [-0.39, 0.29) is 0 Å². The summed E-state index contributed by atoms with van der Waals surface area (Å²) in [6.45, 7) is 5.00. The van der Waals surface area contributed by atoms with Gasteiger partial charge in [0.25, 0.3) is 0 Å². The molecule has 1 aliphatic rings. The summed E-state index contributed by atoms with van der Waals surface area (Å²) in [5, 5.41) is 6.91. The highest BCUT2D eigenvalue weighted by Gasteiger charge is 2.20. The first-order valence-electron chi connectivity index (χ1n) is 7.32. The van der Waals surface area contributed by atoms with Crippen LogP contribution >= 0.6 is 11.3 Å². The molecular weight excluding hydrogens is 266 g/mol. The Kier molecular flexibility index (Phi) is 4.33. The number of hydrogen-bond acceptors (Lipinski definition) is 4. The number of hydrogen-bond donors (Lipinski definition) is 1. The highest BCUT2D eigenvalue weighted by atomic mass is 32.1. The summed E-state index contributed by atoms with van der Waals surface area (Å²) >= 11 is 1.77. The van der Waals surface area contributed by atoms with Crippen LogP contribution in [0, 0.1) is 0 Å². The van der Waals surface area contributed by atoms with Gasteiger partial charge in [-0.2, -0.15) is 0 Å². The second kappa shape index (κ2) is 6.37. The maximum atomic E-state index is 4.74. The molecule has 1 aromatic heterocycles. The molecule has 106 valence electrons. The van der Waals surface area contributed by atoms with Crippen molar-refractivity contribution in [3.63, 3.8) is 0 Å². The van der Waals surface area contributed by atoms with Crippen molar-refractivity contribution in [2.75, 3.05) is 11.4 Å². The fourth-order valence-electron chi connectivity index (χ4n) is 2.24. The summed E-state index contributed by atoms with van der Waals surface area (Å²) in [5.74, 6) is 0. The van der Waals surface area contributed by atoms with Crippen LogP contribution in [0.25, 0.3) is 0 Å². The van der Waals surface area contributed by atoms with E-state index in [1.165, 1.54) is 29.2 Å². The second-order valence-electron chi connectivity index (χ2n) is 5.24. The molecule has 1 saturated carbocycles. The average Bonchev–Trinajstić information content (AvgIpc) is 3.22. The first kappa shape index (κ1) is 13.6. The van der Waals surface area contributed by atoms with E-state index in [2.05, 4.69) is 52.9 Å². The second-order valence-corrected chi connectivity index (χ2v) is 6.18. The molecule has 0 radical (unpaired) electrons. The largest absolute Gasteiger partial charge is 0.366 e. The van der Waals surface area contributed by atoms with Crippen molar-refractivity contribution in [1.82, 2.24) is 10.3 Å². The standard InChI is InChI=1S/C16H21N3S/c1-2-19(15-6-4-3-5-7-15)11-14-12-20-16(18-14)10-17-13-8-9-13/h3-7,12-13,17H,2,8-11H2,1H3. The maximum Gasteiger partial charge on any atom is 0.107 e. The van der Waals surface area contributed by atoms with Gasteiger partial charge in [-0.25, -0.2) is 4.98 Å². The number of nitrogens with zero attached hydrogens (tertiary/aromatic N) is 2. The highest BCUT2D eigenvalue weighted by molar-refractivity contribution is 7.09. The van der Waals surface area contributed by atoms with Crippen molar-refractivity contribution in [3.8, 4) is 0 Å². The number of benzene rings is 1. The Hall–Kier alpha value is -1.39. The lowest BCUT2D eigenvalue weighted by Gasteiger charge is -2.21. The van der Waals surface area contributed by atoms with Gasteiger partial charge in [0.1, 0.15) is 5.01 Å². The van der Waals surface area contributed by atoms with Gasteiger partial charge in [0.2, 0.25) is 0 Å². The van der Waals surface area contributed by atoms with Crippen LogP contribution in [0.15, 0.2) is 35.7 Å². The molecule has 0 aliphatic heterocycles. The molecule has 4 heteroatoms. The molecule has 0 bridgehead atoms. The highest BCUT2D eigenvalue weighted by Crippen LogP contribution is 2.21. The summed E-state index contributed by atoms with van der Waals surface area (Å²) in [6.07, 6.45) is 2.66. The van der Waals surface area contributed by atoms with E-state index in [1.54, 1.807) is 11.3 Å². The predicted octanol–water partition coefficient (Wildman–Crippen LogP) is 3.42. The number of rotatable bonds is 7. The third-order valence-electron chi connectivity index (χ3n) is 3.57. The van der Waals surface area contributed by atoms with Crippen LogP contribution < -0.4 is 10.2 Å². The fraction of sp³-hybridized carbons (Fsp3) is 0.438. The molecule has 0 amide bonds. The Morgan fingerprint density at radius 1 is 1.30 bits per heavy atom. The Balaban J connectivity index is 1.60. The Morgan fingerprint density at radius 2 is 2.10 bits per heavy atom. The number of anilines is 1. The molecule has 0 spiro atoms. The van der Waals surface area contributed by atoms with E-state index in [0.717, 1.165) is 25.7 Å². The lowest BCUT2D eigenvalue weighted by Crippen LogP contribution is -2.22. The monoisotopic (exact) mass is 287 g/mol. The van der Waals surface area contributed by atoms with E-state index in [0.29, 0.717) is 0 Å². The zero-order valence-corrected chi connectivity index (χ0v) is 12.7. The van der Waals surface area contributed by atoms with Crippen molar-refractivity contribution >= 4 is 17.0 Å². The smallest absolute Gasteiger partial charge is 0.107 e. The number of nitrogens with one attached hydrogen (secondary N) is 1. The lowest BCUT2D eigenvalue weighted by atomic mass is 10.2. The molecule has 3 rings (SSSR count). The number of para-hydroxylation sites is 1. The topological polar surface area (TPSA) is 28.2 Å². The van der Waals surface area contributed by atoms with Gasteiger partial charge in [-0.15, -0.1) is 11.3 Å². The van der Waals surface area contributed by atoms with E-state index in [9.17, 15) is 0 Å². The Morgan fingerprint density at radius 3 is 2.80 bits per heavy atom. The van der Waals surface area contributed by atoms with Crippen LogP contribution in [0.5, 0.6) is 0 Å². The molecule has 0 saturated heterocycles. The molecule has 1 aliphatic carbocycles. The molecule has 1 N–H and O–H groups in total. The fourth-order valence-corrected chi connectivity index (χ4v) is 2.98. The van der Waals surface area contributed by atoms with Gasteiger partial charge in [0.05, 0.1) is 12.2 Å². The first-order valence-corrected chi connectivity index (χ1v) is 8.20. The average molecular weight is 287 g/mol. The van der Waals surface area contributed by atoms with Crippen molar-refractivity contribution in [1.29, 1.82) is 0 Å². The molecular formula is C16H21N3S. The molecule has 1 heterocycles. The minimum atomic E-state index is 0.749. The Bertz CT molecular complexity index is 534. The normalized spacial score (nSPS) is 14.4. The van der Waals surface area contributed by atoms with E-state index in [4.69, 9.17) is 4.98 Å². The molecule has 1 fully saturated rings. The Labute approximate surface area is 124 Å². The number of thiazole rings is 1. The van der Waals surface area contributed by atoms with Crippen LogP contribution in [0.4, 0.5) is 5.69 Å². The minimum Gasteiger partial charge on any atom is -0.366 e. The molecule has 1 aromatic carbocycles. The third kappa shape index (κ3) is 3.58. The van der Waals surface area contributed by atoms with Gasteiger partial charge in [-0.05, 0) is 31.9 Å². The molecule has 0 unspecified atom stereocenters. The quantitative estimate of drug-likeness (QED) is 0.845. The molecule has 0 atom stereocenters. The zero-order valence-electron chi connectivity index (χ0n) is 11.9. The molecule has 20 heavy (non-hydrogen) atoms. The predicted molar refractivity (Wildman–Crippen MR) is 85.1 cm³/mol. The van der Waals surface area contributed by atoms with E-state index in [1.807, 2.05) is 0 Å². The van der Waals surface area contributed by atoms with E-state index >= 15 is 0 Å². The minimum absolute atomic E-state index is 0.749. The summed E-state index contributed by atoms with van der Waals surface area (Å²) in [4.78, 5) is 7.09. The van der Waals surface area contributed by atoms with Crippen LogP contribution in [-0.4, -0.2) is 17.6 Å². The van der Waals surface area contributed by atoms with Crippen LogP contribution in [-0.2, 0) is 13.1 Å². The molecule has 3 nitrogen and oxygen atoms in total. The van der Waals surface area contributed by atoms with Crippen molar-refractivity contribution in [3.05, 3.63) is 46.4 Å². The maximum absolute atomic E-state index is 4.74. The number of aromatic nitrogens is 1. The van der Waals surface area contributed by atoms with Gasteiger partial charge >= 0.3 is 0 Å². The van der Waals surface area contributed by atoms with Crippen LogP contribution in [0.2, 0.25) is 0 Å². The van der Waals surface area contributed by atoms with Crippen molar-refractivity contribution in [2.45, 2.75) is 38.9 Å². The first-order chi connectivity index (χ1) is 9.85.